The van der Waals surface area contributed by atoms with Gasteiger partial charge in [0.2, 0.25) is 0 Å². The summed E-state index contributed by atoms with van der Waals surface area (Å²) in [6, 6.07) is 10.3. The maximum Gasteiger partial charge on any atom is 0.175 e. The van der Waals surface area contributed by atoms with Crippen LogP contribution in [0.1, 0.15) is 5.56 Å². The van der Waals surface area contributed by atoms with Crippen molar-refractivity contribution in [2.75, 3.05) is 11.9 Å². The number of rotatable bonds is 3. The van der Waals surface area contributed by atoms with Crippen molar-refractivity contribution >= 4 is 17.2 Å². The van der Waals surface area contributed by atoms with E-state index in [0.717, 1.165) is 0 Å². The first-order valence-electron chi connectivity index (χ1n) is 5.81. The number of nitrogens with two attached hydrogens (primary N) is 1. The SMILES string of the molecule is CN(c1ccccc1F)c1cccc(F)c1C(N)=NO. The molecule has 4 nitrogen and oxygen atoms in total. The molecule has 2 rings (SSSR count). The van der Waals surface area contributed by atoms with Crippen LogP contribution in [0, 0.1) is 11.6 Å². The van der Waals surface area contributed by atoms with Crippen molar-refractivity contribution in [3.8, 4) is 0 Å². The fourth-order valence-corrected chi connectivity index (χ4v) is 1.95. The second kappa shape index (κ2) is 5.56. The first kappa shape index (κ1) is 13.8. The lowest BCUT2D eigenvalue weighted by Gasteiger charge is -2.22. The molecule has 0 spiro atoms. The van der Waals surface area contributed by atoms with E-state index in [4.69, 9.17) is 10.9 Å². The molecule has 0 saturated carbocycles. The van der Waals surface area contributed by atoms with Crippen LogP contribution in [-0.4, -0.2) is 18.1 Å². The fourth-order valence-electron chi connectivity index (χ4n) is 1.95. The minimum Gasteiger partial charge on any atom is -0.409 e. The summed E-state index contributed by atoms with van der Waals surface area (Å²) in [6.45, 7) is 0. The van der Waals surface area contributed by atoms with Gasteiger partial charge in [0, 0.05) is 7.05 Å². The first-order valence-corrected chi connectivity index (χ1v) is 5.81. The van der Waals surface area contributed by atoms with Gasteiger partial charge in [0.05, 0.1) is 16.9 Å². The highest BCUT2D eigenvalue weighted by Gasteiger charge is 2.18. The second-order valence-electron chi connectivity index (χ2n) is 4.13. The average molecular weight is 277 g/mol. The van der Waals surface area contributed by atoms with Crippen molar-refractivity contribution < 1.29 is 14.0 Å². The molecule has 0 aliphatic carbocycles. The number of halogens is 2. The molecule has 104 valence electrons. The Morgan fingerprint density at radius 2 is 1.65 bits per heavy atom. The molecule has 0 bridgehead atoms. The summed E-state index contributed by atoms with van der Waals surface area (Å²) in [7, 11) is 1.57. The molecule has 0 aromatic heterocycles. The van der Waals surface area contributed by atoms with E-state index in [1.165, 1.54) is 23.1 Å². The molecule has 2 aromatic carbocycles. The van der Waals surface area contributed by atoms with Crippen molar-refractivity contribution in [3.05, 3.63) is 59.7 Å². The van der Waals surface area contributed by atoms with Gasteiger partial charge in [-0.3, -0.25) is 0 Å². The van der Waals surface area contributed by atoms with Crippen LogP contribution in [0.2, 0.25) is 0 Å². The number of hydrogen-bond donors (Lipinski definition) is 2. The van der Waals surface area contributed by atoms with Gasteiger partial charge < -0.3 is 15.8 Å². The van der Waals surface area contributed by atoms with Crippen LogP contribution in [0.3, 0.4) is 0 Å². The lowest BCUT2D eigenvalue weighted by molar-refractivity contribution is 0.318. The zero-order valence-electron chi connectivity index (χ0n) is 10.7. The van der Waals surface area contributed by atoms with Crippen LogP contribution >= 0.6 is 0 Å². The van der Waals surface area contributed by atoms with Crippen LogP contribution in [-0.2, 0) is 0 Å². The summed E-state index contributed by atoms with van der Waals surface area (Å²) in [4.78, 5) is 1.44. The van der Waals surface area contributed by atoms with E-state index in [1.807, 2.05) is 0 Å². The summed E-state index contributed by atoms with van der Waals surface area (Å²) < 4.78 is 27.7. The van der Waals surface area contributed by atoms with Crippen LogP contribution in [0.25, 0.3) is 0 Å². The Labute approximate surface area is 114 Å². The number of nitrogens with zero attached hydrogens (tertiary/aromatic N) is 2. The Hall–Kier alpha value is -2.63. The maximum absolute atomic E-state index is 13.9. The molecule has 0 aliphatic rings. The molecule has 20 heavy (non-hydrogen) atoms. The van der Waals surface area contributed by atoms with Gasteiger partial charge >= 0.3 is 0 Å². The number of para-hydroxylation sites is 1. The van der Waals surface area contributed by atoms with E-state index in [9.17, 15) is 8.78 Å². The summed E-state index contributed by atoms with van der Waals surface area (Å²) in [6.07, 6.45) is 0. The topological polar surface area (TPSA) is 61.8 Å². The molecular formula is C14H13F2N3O. The minimum absolute atomic E-state index is 0.0826. The van der Waals surface area contributed by atoms with E-state index in [-0.39, 0.29) is 17.1 Å². The molecule has 0 fully saturated rings. The highest BCUT2D eigenvalue weighted by atomic mass is 19.1. The molecule has 0 amide bonds. The smallest absolute Gasteiger partial charge is 0.175 e. The third kappa shape index (κ3) is 2.40. The van der Waals surface area contributed by atoms with Gasteiger partial charge in [-0.25, -0.2) is 8.78 Å². The van der Waals surface area contributed by atoms with Crippen LogP contribution < -0.4 is 10.6 Å². The average Bonchev–Trinajstić information content (AvgIpc) is 2.46. The van der Waals surface area contributed by atoms with E-state index >= 15 is 0 Å². The Bertz CT molecular complexity index is 659. The van der Waals surface area contributed by atoms with Gasteiger partial charge in [0.15, 0.2) is 5.84 Å². The predicted molar refractivity (Wildman–Crippen MR) is 73.4 cm³/mol. The van der Waals surface area contributed by atoms with E-state index in [1.54, 1.807) is 31.3 Å². The normalized spacial score (nSPS) is 11.4. The summed E-state index contributed by atoms with van der Waals surface area (Å²) >= 11 is 0. The van der Waals surface area contributed by atoms with Crippen LogP contribution in [0.4, 0.5) is 20.2 Å². The molecule has 0 aliphatic heterocycles. The monoisotopic (exact) mass is 277 g/mol. The predicted octanol–water partition coefficient (Wildman–Crippen LogP) is 2.83. The van der Waals surface area contributed by atoms with Crippen molar-refractivity contribution in [1.29, 1.82) is 0 Å². The number of anilines is 2. The summed E-state index contributed by atoms with van der Waals surface area (Å²) in [5.74, 6) is -1.48. The molecule has 2 aromatic rings. The number of amidine groups is 1. The lowest BCUT2D eigenvalue weighted by atomic mass is 10.1. The Morgan fingerprint density at radius 3 is 2.30 bits per heavy atom. The molecule has 0 saturated heterocycles. The van der Waals surface area contributed by atoms with E-state index < -0.39 is 11.6 Å². The number of oxime groups is 1. The summed E-state index contributed by atoms with van der Waals surface area (Å²) in [5.41, 5.74) is 5.96. The maximum atomic E-state index is 13.9. The van der Waals surface area contributed by atoms with Crippen LogP contribution in [0.15, 0.2) is 47.6 Å². The van der Waals surface area contributed by atoms with Crippen LogP contribution in [0.5, 0.6) is 0 Å². The van der Waals surface area contributed by atoms with E-state index in [2.05, 4.69) is 5.16 Å². The lowest BCUT2D eigenvalue weighted by Crippen LogP contribution is -2.21. The Balaban J connectivity index is 2.59. The molecule has 3 N–H and O–H groups in total. The van der Waals surface area contributed by atoms with Gasteiger partial charge in [-0.1, -0.05) is 23.4 Å². The standard InChI is InChI=1S/C14H13F2N3O/c1-19(11-7-3-2-5-9(11)15)12-8-4-6-10(16)13(12)14(17)18-20/h2-8,20H,1H3,(H2,17,18). The van der Waals surface area contributed by atoms with E-state index in [0.29, 0.717) is 5.69 Å². The minimum atomic E-state index is -0.652. The van der Waals surface area contributed by atoms with Crippen molar-refractivity contribution in [1.82, 2.24) is 0 Å². The van der Waals surface area contributed by atoms with Gasteiger partial charge in [0.25, 0.3) is 0 Å². The number of hydrogen-bond acceptors (Lipinski definition) is 3. The Morgan fingerprint density at radius 1 is 1.05 bits per heavy atom. The van der Waals surface area contributed by atoms with Gasteiger partial charge in [0.1, 0.15) is 11.6 Å². The summed E-state index contributed by atoms with van der Waals surface area (Å²) in [5, 5.41) is 11.6. The van der Waals surface area contributed by atoms with Gasteiger partial charge in [-0.05, 0) is 24.3 Å². The second-order valence-corrected chi connectivity index (χ2v) is 4.13. The highest BCUT2D eigenvalue weighted by molar-refractivity contribution is 6.03. The van der Waals surface area contributed by atoms with Gasteiger partial charge in [-0.2, -0.15) is 0 Å². The van der Waals surface area contributed by atoms with Gasteiger partial charge in [-0.15, -0.1) is 0 Å². The van der Waals surface area contributed by atoms with Crippen molar-refractivity contribution in [3.63, 3.8) is 0 Å². The van der Waals surface area contributed by atoms with Crippen molar-refractivity contribution in [2.24, 2.45) is 10.9 Å². The first-order chi connectivity index (χ1) is 9.56. The zero-order chi connectivity index (χ0) is 14.7. The third-order valence-electron chi connectivity index (χ3n) is 2.93. The third-order valence-corrected chi connectivity index (χ3v) is 2.93. The largest absolute Gasteiger partial charge is 0.409 e. The Kier molecular flexibility index (Phi) is 3.84. The molecule has 0 atom stereocenters. The molecular weight excluding hydrogens is 264 g/mol. The number of benzene rings is 2. The fraction of sp³-hybridized carbons (Fsp3) is 0.0714. The molecule has 0 heterocycles. The molecule has 0 radical (unpaired) electrons. The highest BCUT2D eigenvalue weighted by Crippen LogP contribution is 2.30. The molecule has 0 unspecified atom stereocenters. The zero-order valence-corrected chi connectivity index (χ0v) is 10.7. The molecule has 6 heteroatoms. The quantitative estimate of drug-likeness (QED) is 0.392. The van der Waals surface area contributed by atoms with Crippen molar-refractivity contribution in [2.45, 2.75) is 0 Å².